The first-order valence-corrected chi connectivity index (χ1v) is 4.46. The van der Waals surface area contributed by atoms with Gasteiger partial charge in [0.2, 0.25) is 0 Å². The van der Waals surface area contributed by atoms with Crippen molar-refractivity contribution in [2.45, 2.75) is 32.1 Å². The van der Waals surface area contributed by atoms with Gasteiger partial charge < -0.3 is 0 Å². The zero-order valence-electron chi connectivity index (χ0n) is 6.55. The van der Waals surface area contributed by atoms with Gasteiger partial charge in [-0.1, -0.05) is 19.3 Å². The van der Waals surface area contributed by atoms with Crippen LogP contribution in [0.3, 0.4) is 0 Å². The minimum Gasteiger partial charge on any atom is -0.225 e. The lowest BCUT2D eigenvalue weighted by molar-refractivity contribution is 0.306. The van der Waals surface area contributed by atoms with Gasteiger partial charge in [0.05, 0.1) is 6.67 Å². The summed E-state index contributed by atoms with van der Waals surface area (Å²) in [5.74, 6) is 0. The predicted octanol–water partition coefficient (Wildman–Crippen LogP) is 1.44. The van der Waals surface area contributed by atoms with Crippen LogP contribution in [0.1, 0.15) is 32.1 Å². The normalized spacial score (nSPS) is 40.8. The third kappa shape index (κ3) is 1.50. The lowest BCUT2D eigenvalue weighted by Crippen LogP contribution is -2.08. The summed E-state index contributed by atoms with van der Waals surface area (Å²) in [5, 5.41) is 4.93. The maximum Gasteiger partial charge on any atom is 0.0787 e. The monoisotopic (exact) mass is 140 g/mol. The Bertz CT molecular complexity index is 102. The molecule has 2 saturated heterocycles. The van der Waals surface area contributed by atoms with E-state index >= 15 is 0 Å². The molecule has 0 radical (unpaired) electrons. The number of hydrazine groups is 1. The first-order valence-electron chi connectivity index (χ1n) is 4.46. The molecule has 2 heterocycles. The van der Waals surface area contributed by atoms with E-state index in [-0.39, 0.29) is 0 Å². The molecule has 2 fully saturated rings. The van der Waals surface area contributed by atoms with E-state index in [1.807, 2.05) is 0 Å². The van der Waals surface area contributed by atoms with Crippen molar-refractivity contribution in [3.8, 4) is 0 Å². The fourth-order valence-electron chi connectivity index (χ4n) is 1.70. The first kappa shape index (κ1) is 6.62. The molecule has 2 unspecified atom stereocenters. The minimum absolute atomic E-state index is 1.25. The molecule has 0 saturated carbocycles. The number of hydrogen-bond acceptors (Lipinski definition) is 2. The summed E-state index contributed by atoms with van der Waals surface area (Å²) >= 11 is 0. The average molecular weight is 140 g/mol. The van der Waals surface area contributed by atoms with Crippen molar-refractivity contribution < 1.29 is 0 Å². The summed E-state index contributed by atoms with van der Waals surface area (Å²) < 4.78 is 0. The zero-order chi connectivity index (χ0) is 6.81. The third-order valence-electron chi connectivity index (χ3n) is 2.47. The van der Waals surface area contributed by atoms with Crippen molar-refractivity contribution in [1.29, 1.82) is 0 Å². The smallest absolute Gasteiger partial charge is 0.0787 e. The van der Waals surface area contributed by atoms with E-state index in [0.717, 1.165) is 0 Å². The summed E-state index contributed by atoms with van der Waals surface area (Å²) in [6, 6.07) is 0. The molecule has 2 nitrogen and oxygen atoms in total. The molecule has 2 atom stereocenters. The van der Waals surface area contributed by atoms with Crippen LogP contribution in [-0.2, 0) is 0 Å². The van der Waals surface area contributed by atoms with Crippen LogP contribution in [0.5, 0.6) is 0 Å². The van der Waals surface area contributed by atoms with Crippen molar-refractivity contribution in [2.24, 2.45) is 0 Å². The molecule has 0 aliphatic carbocycles. The molecular formula is C8H16N2. The SMILES string of the molecule is C1CCCN2CN2CCC1. The second kappa shape index (κ2) is 2.89. The molecule has 0 N–H and O–H groups in total. The first-order chi connectivity index (χ1) is 4.97. The highest BCUT2D eigenvalue weighted by Gasteiger charge is 2.29. The van der Waals surface area contributed by atoms with E-state index in [0.29, 0.717) is 0 Å². The highest BCUT2D eigenvalue weighted by molar-refractivity contribution is 4.70. The van der Waals surface area contributed by atoms with E-state index in [1.165, 1.54) is 51.9 Å². The molecule has 10 heavy (non-hydrogen) atoms. The van der Waals surface area contributed by atoms with Gasteiger partial charge in [0.15, 0.2) is 0 Å². The Morgan fingerprint density at radius 2 is 1.10 bits per heavy atom. The summed E-state index contributed by atoms with van der Waals surface area (Å²) in [5.41, 5.74) is 0. The van der Waals surface area contributed by atoms with Crippen LogP contribution in [0.4, 0.5) is 0 Å². The van der Waals surface area contributed by atoms with Gasteiger partial charge in [0, 0.05) is 13.1 Å². The topological polar surface area (TPSA) is 6.02 Å². The maximum atomic E-state index is 2.46. The Labute approximate surface area is 62.8 Å². The second-order valence-electron chi connectivity index (χ2n) is 3.37. The van der Waals surface area contributed by atoms with Crippen molar-refractivity contribution in [1.82, 2.24) is 10.0 Å². The lowest BCUT2D eigenvalue weighted by Gasteiger charge is -1.99. The van der Waals surface area contributed by atoms with Crippen LogP contribution in [0, 0.1) is 0 Å². The van der Waals surface area contributed by atoms with E-state index in [1.54, 1.807) is 0 Å². The number of rotatable bonds is 0. The second-order valence-corrected chi connectivity index (χ2v) is 3.37. The van der Waals surface area contributed by atoms with Crippen LogP contribution < -0.4 is 0 Å². The molecular weight excluding hydrogens is 124 g/mol. The van der Waals surface area contributed by atoms with Gasteiger partial charge >= 0.3 is 0 Å². The summed E-state index contributed by atoms with van der Waals surface area (Å²) in [7, 11) is 0. The third-order valence-corrected chi connectivity index (χ3v) is 2.47. The standard InChI is InChI=1S/C8H16N2/c1-2-4-6-9-8-10(9)7-5-3-1/h1-8H2. The minimum atomic E-state index is 1.25. The van der Waals surface area contributed by atoms with Gasteiger partial charge in [-0.3, -0.25) is 0 Å². The van der Waals surface area contributed by atoms with Crippen LogP contribution in [0.2, 0.25) is 0 Å². The quantitative estimate of drug-likeness (QED) is 0.470. The molecule has 0 aromatic heterocycles. The largest absolute Gasteiger partial charge is 0.225 e. The highest BCUT2D eigenvalue weighted by Crippen LogP contribution is 2.20. The fourth-order valence-corrected chi connectivity index (χ4v) is 1.70. The molecule has 58 valence electrons. The molecule has 0 spiro atoms. The molecule has 2 heteroatoms. The molecule has 2 rings (SSSR count). The van der Waals surface area contributed by atoms with Gasteiger partial charge in [-0.15, -0.1) is 0 Å². The van der Waals surface area contributed by atoms with E-state index < -0.39 is 0 Å². The molecule has 2 aliphatic heterocycles. The van der Waals surface area contributed by atoms with E-state index in [2.05, 4.69) is 10.0 Å². The maximum absolute atomic E-state index is 2.46. The van der Waals surface area contributed by atoms with Crippen LogP contribution >= 0.6 is 0 Å². The Balaban J connectivity index is 1.77. The van der Waals surface area contributed by atoms with Gasteiger partial charge in [0.25, 0.3) is 0 Å². The van der Waals surface area contributed by atoms with Gasteiger partial charge in [-0.25, -0.2) is 10.0 Å². The highest BCUT2D eigenvalue weighted by atomic mass is 15.8. The molecule has 0 amide bonds. The molecule has 0 aromatic carbocycles. The average Bonchev–Trinajstić information content (AvgIpc) is 2.66. The van der Waals surface area contributed by atoms with Crippen LogP contribution in [0.25, 0.3) is 0 Å². The number of fused-ring (bicyclic) bond motifs is 1. The van der Waals surface area contributed by atoms with Crippen molar-refractivity contribution >= 4 is 0 Å². The van der Waals surface area contributed by atoms with Crippen molar-refractivity contribution in [2.75, 3.05) is 19.8 Å². The number of hydrogen-bond donors (Lipinski definition) is 0. The van der Waals surface area contributed by atoms with Crippen molar-refractivity contribution in [3.63, 3.8) is 0 Å². The van der Waals surface area contributed by atoms with Crippen LogP contribution in [0.15, 0.2) is 0 Å². The Kier molecular flexibility index (Phi) is 1.91. The van der Waals surface area contributed by atoms with Gasteiger partial charge in [0.1, 0.15) is 0 Å². The fraction of sp³-hybridized carbons (Fsp3) is 1.00. The van der Waals surface area contributed by atoms with Gasteiger partial charge in [-0.2, -0.15) is 0 Å². The van der Waals surface area contributed by atoms with Crippen molar-refractivity contribution in [3.05, 3.63) is 0 Å². The summed E-state index contributed by atoms with van der Waals surface area (Å²) in [4.78, 5) is 0. The number of nitrogens with zero attached hydrogens (tertiary/aromatic N) is 2. The Hall–Kier alpha value is -0.0800. The van der Waals surface area contributed by atoms with E-state index in [9.17, 15) is 0 Å². The Morgan fingerprint density at radius 3 is 1.70 bits per heavy atom. The summed E-state index contributed by atoms with van der Waals surface area (Å²) in [6.45, 7) is 3.89. The van der Waals surface area contributed by atoms with Crippen LogP contribution in [-0.4, -0.2) is 29.8 Å². The molecule has 0 bridgehead atoms. The predicted molar refractivity (Wildman–Crippen MR) is 41.4 cm³/mol. The summed E-state index contributed by atoms with van der Waals surface area (Å²) in [6.07, 6.45) is 7.18. The van der Waals surface area contributed by atoms with Gasteiger partial charge in [-0.05, 0) is 12.8 Å². The van der Waals surface area contributed by atoms with E-state index in [4.69, 9.17) is 0 Å². The Morgan fingerprint density at radius 1 is 0.600 bits per heavy atom. The lowest BCUT2D eigenvalue weighted by atomic mass is 10.1. The molecule has 2 aliphatic rings. The molecule has 0 aromatic rings. The zero-order valence-corrected chi connectivity index (χ0v) is 6.55.